The molecule has 2 fully saturated rings. The van der Waals surface area contributed by atoms with Crippen LogP contribution in [0.3, 0.4) is 0 Å². The number of hydrogen-bond donors (Lipinski definition) is 0. The fraction of sp³-hybridized carbons (Fsp3) is 0.667. The average Bonchev–Trinajstić information content (AvgIpc) is 2.79. The summed E-state index contributed by atoms with van der Waals surface area (Å²) in [5.41, 5.74) is 1.14. The van der Waals surface area contributed by atoms with Crippen LogP contribution in [-0.4, -0.2) is 42.3 Å². The van der Waals surface area contributed by atoms with E-state index in [0.717, 1.165) is 50.5 Å². The minimum atomic E-state index is -0.312. The van der Waals surface area contributed by atoms with Crippen LogP contribution in [0.15, 0.2) is 12.3 Å². The van der Waals surface area contributed by atoms with E-state index in [0.29, 0.717) is 0 Å². The van der Waals surface area contributed by atoms with Gasteiger partial charge in [-0.15, -0.1) is 5.10 Å². The van der Waals surface area contributed by atoms with Gasteiger partial charge in [-0.3, -0.25) is 0 Å². The van der Waals surface area contributed by atoms with Gasteiger partial charge in [-0.25, -0.2) is 0 Å². The molecule has 1 spiro atoms. The maximum atomic E-state index is 5.70. The lowest BCUT2D eigenvalue weighted by atomic mass is 10.0. The quantitative estimate of drug-likeness (QED) is 0.730. The maximum Gasteiger partial charge on any atom is 0.171 e. The molecule has 3 heterocycles. The molecule has 0 aliphatic carbocycles. The second-order valence-electron chi connectivity index (χ2n) is 4.69. The van der Waals surface area contributed by atoms with Gasteiger partial charge in [-0.2, -0.15) is 5.10 Å². The third kappa shape index (κ3) is 2.12. The summed E-state index contributed by atoms with van der Waals surface area (Å²) < 4.78 is 11.4. The minimum absolute atomic E-state index is 0.312. The molecule has 0 radical (unpaired) electrons. The number of nitrogens with zero attached hydrogens (tertiary/aromatic N) is 3. The zero-order chi connectivity index (χ0) is 11.7. The van der Waals surface area contributed by atoms with E-state index in [2.05, 4.69) is 21.2 Å². The van der Waals surface area contributed by atoms with Gasteiger partial charge in [0.2, 0.25) is 0 Å². The van der Waals surface area contributed by atoms with Crippen molar-refractivity contribution >= 4 is 5.82 Å². The Hall–Kier alpha value is -1.20. The fourth-order valence-electron chi connectivity index (χ4n) is 2.47. The van der Waals surface area contributed by atoms with Crippen molar-refractivity contribution < 1.29 is 9.47 Å². The molecule has 2 saturated heterocycles. The highest BCUT2D eigenvalue weighted by atomic mass is 16.7. The molecule has 2 aliphatic rings. The van der Waals surface area contributed by atoms with Crippen LogP contribution in [-0.2, 0) is 9.47 Å². The van der Waals surface area contributed by atoms with Crippen molar-refractivity contribution in [1.82, 2.24) is 10.2 Å². The number of piperidine rings is 1. The summed E-state index contributed by atoms with van der Waals surface area (Å²) in [6.45, 7) is 5.32. The zero-order valence-corrected chi connectivity index (χ0v) is 10.1. The molecule has 5 heteroatoms. The first-order chi connectivity index (χ1) is 8.27. The van der Waals surface area contributed by atoms with Crippen molar-refractivity contribution in [3.05, 3.63) is 17.8 Å². The van der Waals surface area contributed by atoms with E-state index < -0.39 is 0 Å². The molecule has 0 atom stereocenters. The molecule has 1 aromatic rings. The molecule has 0 amide bonds. The SMILES string of the molecule is Cc1cnnc(N2CCC3(CC2)OCCO3)c1. The summed E-state index contributed by atoms with van der Waals surface area (Å²) >= 11 is 0. The van der Waals surface area contributed by atoms with Crippen molar-refractivity contribution in [2.45, 2.75) is 25.6 Å². The number of hydrogen-bond acceptors (Lipinski definition) is 5. The summed E-state index contributed by atoms with van der Waals surface area (Å²) in [6, 6.07) is 2.07. The number of rotatable bonds is 1. The van der Waals surface area contributed by atoms with Gasteiger partial charge in [0.1, 0.15) is 0 Å². The van der Waals surface area contributed by atoms with Crippen LogP contribution < -0.4 is 4.90 Å². The van der Waals surface area contributed by atoms with Crippen molar-refractivity contribution in [2.75, 3.05) is 31.2 Å². The molecule has 0 saturated carbocycles. The molecule has 17 heavy (non-hydrogen) atoms. The van der Waals surface area contributed by atoms with Crippen molar-refractivity contribution in [3.63, 3.8) is 0 Å². The second kappa shape index (κ2) is 4.23. The van der Waals surface area contributed by atoms with Crippen LogP contribution in [0.25, 0.3) is 0 Å². The van der Waals surface area contributed by atoms with E-state index in [9.17, 15) is 0 Å². The summed E-state index contributed by atoms with van der Waals surface area (Å²) in [7, 11) is 0. The maximum absolute atomic E-state index is 5.70. The minimum Gasteiger partial charge on any atom is -0.355 e. The Balaban J connectivity index is 1.68. The number of aromatic nitrogens is 2. The number of anilines is 1. The van der Waals surface area contributed by atoms with Gasteiger partial charge in [0.15, 0.2) is 11.6 Å². The molecule has 0 bridgehead atoms. The molecule has 0 aromatic carbocycles. The molecule has 0 N–H and O–H groups in total. The van der Waals surface area contributed by atoms with E-state index in [1.807, 2.05) is 6.92 Å². The van der Waals surface area contributed by atoms with Crippen LogP contribution in [0.4, 0.5) is 5.82 Å². The Labute approximate surface area is 101 Å². The number of aryl methyl sites for hydroxylation is 1. The summed E-state index contributed by atoms with van der Waals surface area (Å²) in [6.07, 6.45) is 3.59. The van der Waals surface area contributed by atoms with Crippen molar-refractivity contribution in [3.8, 4) is 0 Å². The topological polar surface area (TPSA) is 47.5 Å². The summed E-state index contributed by atoms with van der Waals surface area (Å²) in [5, 5.41) is 8.17. The smallest absolute Gasteiger partial charge is 0.171 e. The van der Waals surface area contributed by atoms with E-state index in [1.54, 1.807) is 6.20 Å². The largest absolute Gasteiger partial charge is 0.355 e. The Kier molecular flexibility index (Phi) is 2.72. The first kappa shape index (κ1) is 10.9. The Morgan fingerprint density at radius 1 is 1.24 bits per heavy atom. The highest BCUT2D eigenvalue weighted by Gasteiger charge is 2.40. The van der Waals surface area contributed by atoms with Crippen LogP contribution in [0, 0.1) is 6.92 Å². The van der Waals surface area contributed by atoms with Gasteiger partial charge in [-0.1, -0.05) is 0 Å². The zero-order valence-electron chi connectivity index (χ0n) is 10.1. The van der Waals surface area contributed by atoms with Crippen LogP contribution >= 0.6 is 0 Å². The van der Waals surface area contributed by atoms with Crippen LogP contribution in [0.1, 0.15) is 18.4 Å². The van der Waals surface area contributed by atoms with E-state index >= 15 is 0 Å². The standard InChI is InChI=1S/C12H17N3O2/c1-10-8-11(14-13-9-10)15-4-2-12(3-5-15)16-6-7-17-12/h8-9H,2-7H2,1H3. The Morgan fingerprint density at radius 3 is 2.59 bits per heavy atom. The highest BCUT2D eigenvalue weighted by Crippen LogP contribution is 2.32. The van der Waals surface area contributed by atoms with E-state index in [1.165, 1.54) is 0 Å². The third-order valence-electron chi connectivity index (χ3n) is 3.44. The van der Waals surface area contributed by atoms with Gasteiger partial charge in [-0.05, 0) is 18.6 Å². The van der Waals surface area contributed by atoms with Gasteiger partial charge >= 0.3 is 0 Å². The predicted octanol–water partition coefficient (Wildman–Crippen LogP) is 1.13. The lowest BCUT2D eigenvalue weighted by molar-refractivity contribution is -0.169. The molecule has 0 unspecified atom stereocenters. The number of ether oxygens (including phenoxy) is 2. The van der Waals surface area contributed by atoms with Crippen molar-refractivity contribution in [2.24, 2.45) is 0 Å². The Bertz CT molecular complexity index is 394. The molecular weight excluding hydrogens is 218 g/mol. The summed E-state index contributed by atoms with van der Waals surface area (Å²) in [4.78, 5) is 2.25. The first-order valence-corrected chi connectivity index (χ1v) is 6.10. The molecule has 92 valence electrons. The monoisotopic (exact) mass is 235 g/mol. The van der Waals surface area contributed by atoms with Crippen LogP contribution in [0.2, 0.25) is 0 Å². The third-order valence-corrected chi connectivity index (χ3v) is 3.44. The van der Waals surface area contributed by atoms with E-state index in [4.69, 9.17) is 9.47 Å². The fourth-order valence-corrected chi connectivity index (χ4v) is 2.47. The lowest BCUT2D eigenvalue weighted by Gasteiger charge is -2.37. The van der Waals surface area contributed by atoms with Crippen molar-refractivity contribution in [1.29, 1.82) is 0 Å². The molecule has 3 rings (SSSR count). The molecule has 2 aliphatic heterocycles. The molecule has 1 aromatic heterocycles. The van der Waals surface area contributed by atoms with Gasteiger partial charge in [0.05, 0.1) is 19.4 Å². The first-order valence-electron chi connectivity index (χ1n) is 6.10. The Morgan fingerprint density at radius 2 is 1.94 bits per heavy atom. The normalized spacial score (nSPS) is 23.2. The summed E-state index contributed by atoms with van der Waals surface area (Å²) in [5.74, 6) is 0.645. The van der Waals surface area contributed by atoms with Gasteiger partial charge in [0, 0.05) is 25.9 Å². The molecular formula is C12H17N3O2. The predicted molar refractivity (Wildman–Crippen MR) is 62.9 cm³/mol. The van der Waals surface area contributed by atoms with Gasteiger partial charge in [0.25, 0.3) is 0 Å². The lowest BCUT2D eigenvalue weighted by Crippen LogP contribution is -2.45. The highest BCUT2D eigenvalue weighted by molar-refractivity contribution is 5.39. The van der Waals surface area contributed by atoms with Crippen LogP contribution in [0.5, 0.6) is 0 Å². The van der Waals surface area contributed by atoms with Gasteiger partial charge < -0.3 is 14.4 Å². The molecule has 5 nitrogen and oxygen atoms in total. The average molecular weight is 235 g/mol. The second-order valence-corrected chi connectivity index (χ2v) is 4.69. The van der Waals surface area contributed by atoms with E-state index in [-0.39, 0.29) is 5.79 Å².